The van der Waals surface area contributed by atoms with E-state index in [0.29, 0.717) is 17.0 Å². The van der Waals surface area contributed by atoms with E-state index in [0.717, 1.165) is 17.7 Å². The van der Waals surface area contributed by atoms with E-state index in [4.69, 9.17) is 4.74 Å². The molecule has 0 aliphatic carbocycles. The fourth-order valence-electron chi connectivity index (χ4n) is 3.51. The monoisotopic (exact) mass is 439 g/mol. The molecule has 166 valence electrons. The number of anilines is 1. The van der Waals surface area contributed by atoms with Gasteiger partial charge in [-0.1, -0.05) is 54.6 Å². The lowest BCUT2D eigenvalue weighted by Crippen LogP contribution is -2.30. The lowest BCUT2D eigenvalue weighted by molar-refractivity contribution is -0.605. The lowest BCUT2D eigenvalue weighted by atomic mass is 9.98. The Kier molecular flexibility index (Phi) is 7.18. The van der Waals surface area contributed by atoms with Crippen LogP contribution in [0.25, 0.3) is 11.1 Å². The lowest BCUT2D eigenvalue weighted by Gasteiger charge is -2.12. The molecule has 0 atom stereocenters. The maximum Gasteiger partial charge on any atom is 0.319 e. The Bertz CT molecular complexity index is 1190. The van der Waals surface area contributed by atoms with E-state index in [1.165, 1.54) is 29.1 Å². The topological polar surface area (TPSA) is 77.3 Å². The van der Waals surface area contributed by atoms with Crippen LogP contribution < -0.4 is 20.1 Å². The van der Waals surface area contributed by atoms with Gasteiger partial charge >= 0.3 is 6.03 Å². The zero-order valence-corrected chi connectivity index (χ0v) is 18.1. The summed E-state index contributed by atoms with van der Waals surface area (Å²) in [7, 11) is 0. The molecule has 2 N–H and O–H groups in total. The molecule has 0 aliphatic rings. The third-order valence-electron chi connectivity index (χ3n) is 5.14. The van der Waals surface area contributed by atoms with Crippen molar-refractivity contribution in [2.45, 2.75) is 13.0 Å². The van der Waals surface area contributed by atoms with Gasteiger partial charge in [-0.3, -0.25) is 0 Å². The van der Waals surface area contributed by atoms with Crippen molar-refractivity contribution < 1.29 is 14.3 Å². The first-order valence-electron chi connectivity index (χ1n) is 10.8. The summed E-state index contributed by atoms with van der Waals surface area (Å²) in [5.41, 5.74) is 5.02. The van der Waals surface area contributed by atoms with E-state index in [2.05, 4.69) is 41.0 Å². The first-order valence-corrected chi connectivity index (χ1v) is 10.8. The van der Waals surface area contributed by atoms with Crippen LogP contribution in [0.15, 0.2) is 103 Å². The van der Waals surface area contributed by atoms with Gasteiger partial charge in [0.2, 0.25) is 0 Å². The maximum absolute atomic E-state index is 12.1. The summed E-state index contributed by atoms with van der Waals surface area (Å²) in [6.07, 6.45) is 3.61. The Morgan fingerprint density at radius 3 is 2.42 bits per heavy atom. The largest absolute Gasteiger partial charge is 0.619 e. The summed E-state index contributed by atoms with van der Waals surface area (Å²) < 4.78 is 6.62. The zero-order chi connectivity index (χ0) is 22.9. The van der Waals surface area contributed by atoms with E-state index in [9.17, 15) is 10.0 Å². The van der Waals surface area contributed by atoms with E-state index in [1.54, 1.807) is 24.3 Å². The molecule has 0 fully saturated rings. The molecule has 1 aromatic heterocycles. The van der Waals surface area contributed by atoms with Gasteiger partial charge in [0.05, 0.1) is 13.2 Å². The molecule has 0 unspecified atom stereocenters. The van der Waals surface area contributed by atoms with E-state index >= 15 is 0 Å². The molecule has 6 nitrogen and oxygen atoms in total. The van der Waals surface area contributed by atoms with Gasteiger partial charge in [-0.05, 0) is 47.0 Å². The third kappa shape index (κ3) is 6.33. The average Bonchev–Trinajstić information content (AvgIpc) is 2.85. The first-order chi connectivity index (χ1) is 16.2. The Morgan fingerprint density at radius 1 is 0.879 bits per heavy atom. The molecule has 3 aromatic carbocycles. The van der Waals surface area contributed by atoms with Gasteiger partial charge < -0.3 is 20.6 Å². The van der Waals surface area contributed by atoms with E-state index in [1.807, 2.05) is 36.4 Å². The van der Waals surface area contributed by atoms with Gasteiger partial charge in [0.25, 0.3) is 0 Å². The van der Waals surface area contributed by atoms with Gasteiger partial charge in [-0.15, -0.1) is 0 Å². The number of ether oxygens (including phenoxy) is 1. The molecule has 0 radical (unpaired) electrons. The van der Waals surface area contributed by atoms with E-state index < -0.39 is 0 Å². The molecule has 4 rings (SSSR count). The Labute approximate surface area is 193 Å². The summed E-state index contributed by atoms with van der Waals surface area (Å²) in [5, 5.41) is 16.8. The van der Waals surface area contributed by atoms with Crippen molar-refractivity contribution in [3.63, 3.8) is 0 Å². The Hall–Kier alpha value is -4.32. The normalized spacial score (nSPS) is 10.4. The quantitative estimate of drug-likeness (QED) is 0.302. The van der Waals surface area contributed by atoms with Crippen molar-refractivity contribution in [3.05, 3.63) is 120 Å². The summed E-state index contributed by atoms with van der Waals surface area (Å²) in [4.78, 5) is 12.1. The molecule has 0 bridgehead atoms. The van der Waals surface area contributed by atoms with Gasteiger partial charge in [-0.2, -0.15) is 4.73 Å². The van der Waals surface area contributed by atoms with Crippen LogP contribution in [0.5, 0.6) is 5.75 Å². The van der Waals surface area contributed by atoms with Crippen LogP contribution in [0.4, 0.5) is 10.5 Å². The second kappa shape index (κ2) is 10.8. The Balaban J connectivity index is 1.26. The molecule has 0 saturated carbocycles. The highest BCUT2D eigenvalue weighted by molar-refractivity contribution is 5.89. The zero-order valence-electron chi connectivity index (χ0n) is 18.1. The van der Waals surface area contributed by atoms with Gasteiger partial charge in [0, 0.05) is 23.7 Å². The fraction of sp³-hybridized carbons (Fsp3) is 0.111. The molecular weight excluding hydrogens is 414 g/mol. The summed E-state index contributed by atoms with van der Waals surface area (Å²) >= 11 is 0. The van der Waals surface area contributed by atoms with Crippen LogP contribution in [-0.2, 0) is 13.0 Å². The number of hydrogen-bond donors (Lipinski definition) is 2. The molecule has 33 heavy (non-hydrogen) atoms. The van der Waals surface area contributed by atoms with Gasteiger partial charge in [0.15, 0.2) is 12.4 Å². The second-order valence-electron chi connectivity index (χ2n) is 7.53. The SMILES string of the molecule is O=C(NCc1ccc[n+]([O-])c1)Nc1ccc(OCCc2ccccc2-c2ccccc2)cc1. The smallest absolute Gasteiger partial charge is 0.319 e. The van der Waals surface area contributed by atoms with Gasteiger partial charge in [0.1, 0.15) is 5.75 Å². The fourth-order valence-corrected chi connectivity index (χ4v) is 3.51. The number of nitrogens with one attached hydrogen (secondary N) is 2. The minimum Gasteiger partial charge on any atom is -0.619 e. The summed E-state index contributed by atoms with van der Waals surface area (Å²) in [6, 6.07) is 29.0. The third-order valence-corrected chi connectivity index (χ3v) is 5.14. The number of urea groups is 1. The molecule has 1 heterocycles. The number of nitrogens with zero attached hydrogens (tertiary/aromatic N) is 1. The number of benzene rings is 3. The minimum absolute atomic E-state index is 0.264. The minimum atomic E-state index is -0.345. The van der Waals surface area contributed by atoms with Gasteiger partial charge in [-0.25, -0.2) is 4.79 Å². The number of carbonyl (C=O) groups is 1. The predicted molar refractivity (Wildman–Crippen MR) is 129 cm³/mol. The van der Waals surface area contributed by atoms with Crippen molar-refractivity contribution in [2.24, 2.45) is 0 Å². The number of aromatic nitrogens is 1. The molecule has 4 aromatic rings. The highest BCUT2D eigenvalue weighted by Crippen LogP contribution is 2.24. The molecule has 6 heteroatoms. The first kappa shape index (κ1) is 21.9. The molecule has 2 amide bonds. The summed E-state index contributed by atoms with van der Waals surface area (Å²) in [6.45, 7) is 0.814. The summed E-state index contributed by atoms with van der Waals surface area (Å²) in [5.74, 6) is 0.738. The van der Waals surface area contributed by atoms with Crippen molar-refractivity contribution >= 4 is 11.7 Å². The maximum atomic E-state index is 12.1. The second-order valence-corrected chi connectivity index (χ2v) is 7.53. The number of hydrogen-bond acceptors (Lipinski definition) is 3. The van der Waals surface area contributed by atoms with Crippen molar-refractivity contribution in [1.82, 2.24) is 5.32 Å². The van der Waals surface area contributed by atoms with Crippen LogP contribution in [0.3, 0.4) is 0 Å². The standard InChI is InChI=1S/C27H25N3O3/c31-27(28-19-21-7-6-17-30(32)20-21)29-24-12-14-25(15-13-24)33-18-16-23-10-4-5-11-26(23)22-8-2-1-3-9-22/h1-15,17,20H,16,18-19H2,(H2,28,29,31). The van der Waals surface area contributed by atoms with Crippen LogP contribution in [0, 0.1) is 5.21 Å². The average molecular weight is 440 g/mol. The molecule has 0 aliphatic heterocycles. The molecule has 0 spiro atoms. The van der Waals surface area contributed by atoms with E-state index in [-0.39, 0.29) is 12.6 Å². The van der Waals surface area contributed by atoms with Crippen molar-refractivity contribution in [1.29, 1.82) is 0 Å². The number of carbonyl (C=O) groups excluding carboxylic acids is 1. The van der Waals surface area contributed by atoms with Crippen LogP contribution >= 0.6 is 0 Å². The highest BCUT2D eigenvalue weighted by Gasteiger charge is 2.06. The Morgan fingerprint density at radius 2 is 1.64 bits per heavy atom. The predicted octanol–water partition coefficient (Wildman–Crippen LogP) is 4.93. The molecule has 0 saturated heterocycles. The number of pyridine rings is 1. The van der Waals surface area contributed by atoms with Crippen molar-refractivity contribution in [3.8, 4) is 16.9 Å². The van der Waals surface area contributed by atoms with Crippen LogP contribution in [0.1, 0.15) is 11.1 Å². The van der Waals surface area contributed by atoms with Crippen molar-refractivity contribution in [2.75, 3.05) is 11.9 Å². The highest BCUT2D eigenvalue weighted by atomic mass is 16.5. The van der Waals surface area contributed by atoms with Crippen LogP contribution in [-0.4, -0.2) is 12.6 Å². The molecular formula is C27H25N3O3. The van der Waals surface area contributed by atoms with Crippen LogP contribution in [0.2, 0.25) is 0 Å². The number of rotatable bonds is 8. The number of amides is 2.